The van der Waals surface area contributed by atoms with Crippen LogP contribution in [-0.2, 0) is 5.54 Å². The average molecular weight is 232 g/mol. The van der Waals surface area contributed by atoms with Crippen molar-refractivity contribution in [1.82, 2.24) is 4.90 Å². The van der Waals surface area contributed by atoms with Crippen molar-refractivity contribution in [2.45, 2.75) is 18.4 Å². The summed E-state index contributed by atoms with van der Waals surface area (Å²) >= 11 is 0. The Kier molecular flexibility index (Phi) is 3.45. The Bertz CT molecular complexity index is 380. The topological polar surface area (TPSA) is 79.1 Å². The van der Waals surface area contributed by atoms with Crippen LogP contribution in [-0.4, -0.2) is 30.4 Å². The van der Waals surface area contributed by atoms with Gasteiger partial charge >= 0.3 is 0 Å². The predicted octanol–water partition coefficient (Wildman–Crippen LogP) is 0.872. The Hall–Kier alpha value is -1.39. The first-order chi connectivity index (χ1) is 8.10. The first-order valence-corrected chi connectivity index (χ1v) is 6.00. The maximum absolute atomic E-state index is 7.30. The molecule has 0 amide bonds. The van der Waals surface area contributed by atoms with Gasteiger partial charge in [0.05, 0.1) is 6.54 Å². The SMILES string of the molecule is N=C(N)CN1CCC(N)(c2ccccc2)CC1. The van der Waals surface area contributed by atoms with E-state index in [-0.39, 0.29) is 11.4 Å². The van der Waals surface area contributed by atoms with Crippen LogP contribution >= 0.6 is 0 Å². The molecule has 0 atom stereocenters. The lowest BCUT2D eigenvalue weighted by Gasteiger charge is -2.39. The molecule has 0 saturated carbocycles. The molecular weight excluding hydrogens is 212 g/mol. The highest BCUT2D eigenvalue weighted by atomic mass is 15.2. The van der Waals surface area contributed by atoms with E-state index in [0.29, 0.717) is 6.54 Å². The minimum Gasteiger partial charge on any atom is -0.387 e. The lowest BCUT2D eigenvalue weighted by atomic mass is 9.82. The number of nitrogens with zero attached hydrogens (tertiary/aromatic N) is 1. The smallest absolute Gasteiger partial charge is 0.105 e. The van der Waals surface area contributed by atoms with Gasteiger partial charge in [0.15, 0.2) is 0 Å². The van der Waals surface area contributed by atoms with E-state index in [2.05, 4.69) is 17.0 Å². The summed E-state index contributed by atoms with van der Waals surface area (Å²) in [5, 5.41) is 7.30. The molecule has 4 nitrogen and oxygen atoms in total. The molecule has 1 aliphatic rings. The zero-order chi connectivity index (χ0) is 12.3. The number of likely N-dealkylation sites (tertiary alicyclic amines) is 1. The van der Waals surface area contributed by atoms with Crippen molar-refractivity contribution in [3.05, 3.63) is 35.9 Å². The van der Waals surface area contributed by atoms with Crippen LogP contribution in [0.2, 0.25) is 0 Å². The molecule has 2 rings (SSSR count). The second-order valence-electron chi connectivity index (χ2n) is 4.82. The van der Waals surface area contributed by atoms with Crippen LogP contribution < -0.4 is 11.5 Å². The van der Waals surface area contributed by atoms with Gasteiger partial charge in [0.2, 0.25) is 0 Å². The van der Waals surface area contributed by atoms with Gasteiger partial charge in [-0.15, -0.1) is 0 Å². The third-order valence-corrected chi connectivity index (χ3v) is 3.49. The third kappa shape index (κ3) is 2.84. The zero-order valence-corrected chi connectivity index (χ0v) is 10.0. The number of amidine groups is 1. The number of benzene rings is 1. The largest absolute Gasteiger partial charge is 0.387 e. The zero-order valence-electron chi connectivity index (χ0n) is 10.0. The lowest BCUT2D eigenvalue weighted by molar-refractivity contribution is 0.179. The maximum atomic E-state index is 7.30. The summed E-state index contributed by atoms with van der Waals surface area (Å²) in [6, 6.07) is 10.3. The first-order valence-electron chi connectivity index (χ1n) is 6.00. The van der Waals surface area contributed by atoms with E-state index in [1.165, 1.54) is 5.56 Å². The third-order valence-electron chi connectivity index (χ3n) is 3.49. The molecule has 0 spiro atoms. The van der Waals surface area contributed by atoms with Gasteiger partial charge in [-0.1, -0.05) is 30.3 Å². The summed E-state index contributed by atoms with van der Waals surface area (Å²) in [5.41, 5.74) is 12.9. The molecule has 1 aromatic rings. The van der Waals surface area contributed by atoms with Crippen LogP contribution in [0.1, 0.15) is 18.4 Å². The molecule has 1 saturated heterocycles. The van der Waals surface area contributed by atoms with E-state index in [9.17, 15) is 0 Å². The molecule has 0 aromatic heterocycles. The van der Waals surface area contributed by atoms with Crippen LogP contribution in [0, 0.1) is 5.41 Å². The molecule has 0 aliphatic carbocycles. The van der Waals surface area contributed by atoms with Gasteiger partial charge < -0.3 is 11.5 Å². The fourth-order valence-electron chi connectivity index (χ4n) is 2.41. The van der Waals surface area contributed by atoms with E-state index in [4.69, 9.17) is 16.9 Å². The fraction of sp³-hybridized carbons (Fsp3) is 0.462. The summed E-state index contributed by atoms with van der Waals surface area (Å²) in [4.78, 5) is 2.19. The normalized spacial score (nSPS) is 20.1. The quantitative estimate of drug-likeness (QED) is 0.534. The summed E-state index contributed by atoms with van der Waals surface area (Å²) < 4.78 is 0. The van der Waals surface area contributed by atoms with Gasteiger partial charge in [0.25, 0.3) is 0 Å². The summed E-state index contributed by atoms with van der Waals surface area (Å²) in [6.45, 7) is 2.38. The second kappa shape index (κ2) is 4.85. The molecule has 1 heterocycles. The van der Waals surface area contributed by atoms with Gasteiger partial charge in [-0.3, -0.25) is 10.3 Å². The number of hydrogen-bond acceptors (Lipinski definition) is 3. The maximum Gasteiger partial charge on any atom is 0.105 e. The molecule has 1 fully saturated rings. The average Bonchev–Trinajstić information content (AvgIpc) is 2.33. The van der Waals surface area contributed by atoms with Crippen molar-refractivity contribution in [2.75, 3.05) is 19.6 Å². The first kappa shape index (κ1) is 12.1. The van der Waals surface area contributed by atoms with E-state index >= 15 is 0 Å². The molecule has 0 radical (unpaired) electrons. The van der Waals surface area contributed by atoms with Crippen LogP contribution in [0.4, 0.5) is 0 Å². The minimum atomic E-state index is -0.214. The van der Waals surface area contributed by atoms with E-state index < -0.39 is 0 Å². The van der Waals surface area contributed by atoms with Crippen LogP contribution in [0.5, 0.6) is 0 Å². The Labute approximate surface area is 102 Å². The van der Waals surface area contributed by atoms with E-state index in [1.54, 1.807) is 0 Å². The van der Waals surface area contributed by atoms with Crippen molar-refractivity contribution in [1.29, 1.82) is 5.41 Å². The molecule has 4 heteroatoms. The number of rotatable bonds is 3. The van der Waals surface area contributed by atoms with Crippen molar-refractivity contribution >= 4 is 5.84 Å². The minimum absolute atomic E-state index is 0.214. The predicted molar refractivity (Wildman–Crippen MR) is 69.9 cm³/mol. The van der Waals surface area contributed by atoms with Crippen molar-refractivity contribution in [3.63, 3.8) is 0 Å². The van der Waals surface area contributed by atoms with Crippen LogP contribution in [0.25, 0.3) is 0 Å². The molecule has 0 unspecified atom stereocenters. The number of hydrogen-bond donors (Lipinski definition) is 3. The monoisotopic (exact) mass is 232 g/mol. The Morgan fingerprint density at radius 1 is 1.24 bits per heavy atom. The molecule has 17 heavy (non-hydrogen) atoms. The van der Waals surface area contributed by atoms with Gasteiger partial charge in [-0.2, -0.15) is 0 Å². The molecule has 0 bridgehead atoms. The van der Waals surface area contributed by atoms with Gasteiger partial charge in [0.1, 0.15) is 5.84 Å². The fourth-order valence-corrected chi connectivity index (χ4v) is 2.41. The number of nitrogens with two attached hydrogens (primary N) is 2. The Balaban J connectivity index is 2.00. The number of piperidine rings is 1. The Morgan fingerprint density at radius 3 is 2.35 bits per heavy atom. The molecule has 5 N–H and O–H groups in total. The summed E-state index contributed by atoms with van der Waals surface area (Å²) in [7, 11) is 0. The highest BCUT2D eigenvalue weighted by Gasteiger charge is 2.32. The molecule has 92 valence electrons. The summed E-state index contributed by atoms with van der Waals surface area (Å²) in [5.74, 6) is 0.231. The van der Waals surface area contributed by atoms with E-state index in [1.807, 2.05) is 18.2 Å². The molecule has 1 aromatic carbocycles. The van der Waals surface area contributed by atoms with Gasteiger partial charge in [-0.05, 0) is 18.4 Å². The Morgan fingerprint density at radius 2 is 1.82 bits per heavy atom. The van der Waals surface area contributed by atoms with Crippen molar-refractivity contribution in [2.24, 2.45) is 11.5 Å². The highest BCUT2D eigenvalue weighted by Crippen LogP contribution is 2.29. The van der Waals surface area contributed by atoms with Crippen LogP contribution in [0.15, 0.2) is 30.3 Å². The standard InChI is InChI=1S/C13H20N4/c14-12(15)10-17-8-6-13(16,7-9-17)11-4-2-1-3-5-11/h1-5H,6-10,16H2,(H3,14,15). The van der Waals surface area contributed by atoms with Gasteiger partial charge in [0, 0.05) is 18.6 Å². The lowest BCUT2D eigenvalue weighted by Crippen LogP contribution is -2.49. The molecular formula is C13H20N4. The van der Waals surface area contributed by atoms with Crippen molar-refractivity contribution in [3.8, 4) is 0 Å². The second-order valence-corrected chi connectivity index (χ2v) is 4.82. The molecule has 1 aliphatic heterocycles. The van der Waals surface area contributed by atoms with E-state index in [0.717, 1.165) is 25.9 Å². The van der Waals surface area contributed by atoms with Crippen LogP contribution in [0.3, 0.4) is 0 Å². The summed E-state index contributed by atoms with van der Waals surface area (Å²) in [6.07, 6.45) is 1.84. The van der Waals surface area contributed by atoms with Crippen molar-refractivity contribution < 1.29 is 0 Å². The number of nitrogens with one attached hydrogen (secondary N) is 1. The van der Waals surface area contributed by atoms with Gasteiger partial charge in [-0.25, -0.2) is 0 Å². The highest BCUT2D eigenvalue weighted by molar-refractivity contribution is 5.78.